The molecule has 2 aromatic rings. The summed E-state index contributed by atoms with van der Waals surface area (Å²) in [7, 11) is 4.36. The number of esters is 1. The second kappa shape index (κ2) is 8.53. The maximum Gasteiger partial charge on any atom is 0.338 e. The number of Topliss-reactive ketones (excluding diaryl/α,β-unsaturated/α-hetero) is 1. The fourth-order valence-electron chi connectivity index (χ4n) is 2.13. The zero-order valence-corrected chi connectivity index (χ0v) is 15.6. The lowest BCUT2D eigenvalue weighted by Crippen LogP contribution is -2.14. The Hall–Kier alpha value is -2.54. The number of rotatable bonds is 7. The van der Waals surface area contributed by atoms with Crippen molar-refractivity contribution in [1.29, 1.82) is 0 Å². The zero-order chi connectivity index (χ0) is 18.4. The van der Waals surface area contributed by atoms with E-state index in [0.29, 0.717) is 22.8 Å². The Kier molecular flexibility index (Phi) is 6.41. The third kappa shape index (κ3) is 4.51. The van der Waals surface area contributed by atoms with Crippen molar-refractivity contribution in [3.8, 4) is 17.2 Å². The maximum atomic E-state index is 12.2. The number of hydrogen-bond acceptors (Lipinski definition) is 6. The molecule has 0 amide bonds. The van der Waals surface area contributed by atoms with Crippen molar-refractivity contribution in [2.45, 2.75) is 0 Å². The van der Waals surface area contributed by atoms with Crippen LogP contribution in [0.15, 0.2) is 40.9 Å². The summed E-state index contributed by atoms with van der Waals surface area (Å²) >= 11 is 3.30. The van der Waals surface area contributed by atoms with Crippen LogP contribution < -0.4 is 14.2 Å². The van der Waals surface area contributed by atoms with Gasteiger partial charge in [0.25, 0.3) is 0 Å². The van der Waals surface area contributed by atoms with Crippen LogP contribution in [0, 0.1) is 0 Å². The molecule has 25 heavy (non-hydrogen) atoms. The second-order valence-corrected chi connectivity index (χ2v) is 5.84. The van der Waals surface area contributed by atoms with Crippen LogP contribution in [0.4, 0.5) is 0 Å². The molecule has 6 nitrogen and oxygen atoms in total. The quantitative estimate of drug-likeness (QED) is 0.515. The van der Waals surface area contributed by atoms with E-state index >= 15 is 0 Å². The SMILES string of the molecule is COc1cc(C(=O)OCC(=O)c2ccc(Br)cc2)cc(OC)c1OC. The van der Waals surface area contributed by atoms with Crippen LogP contribution in [0.5, 0.6) is 17.2 Å². The Labute approximate surface area is 153 Å². The molecule has 0 aromatic heterocycles. The van der Waals surface area contributed by atoms with Crippen molar-refractivity contribution in [3.05, 3.63) is 52.0 Å². The van der Waals surface area contributed by atoms with Crippen molar-refractivity contribution in [2.24, 2.45) is 0 Å². The van der Waals surface area contributed by atoms with Gasteiger partial charge in [-0.15, -0.1) is 0 Å². The predicted molar refractivity (Wildman–Crippen MR) is 94.9 cm³/mol. The molecule has 7 heteroatoms. The molecule has 0 aliphatic heterocycles. The fourth-order valence-corrected chi connectivity index (χ4v) is 2.40. The summed E-state index contributed by atoms with van der Waals surface area (Å²) in [6.45, 7) is -0.364. The normalized spacial score (nSPS) is 10.1. The molecule has 0 aliphatic rings. The van der Waals surface area contributed by atoms with Crippen LogP contribution in [0.3, 0.4) is 0 Å². The van der Waals surface area contributed by atoms with Crippen LogP contribution >= 0.6 is 15.9 Å². The van der Waals surface area contributed by atoms with Gasteiger partial charge in [0.1, 0.15) is 0 Å². The van der Waals surface area contributed by atoms with Gasteiger partial charge >= 0.3 is 5.97 Å². The van der Waals surface area contributed by atoms with E-state index in [1.54, 1.807) is 24.3 Å². The Morgan fingerprint density at radius 3 is 1.92 bits per heavy atom. The number of carbonyl (C=O) groups is 2. The van der Waals surface area contributed by atoms with E-state index in [-0.39, 0.29) is 18.0 Å². The summed E-state index contributed by atoms with van der Waals surface area (Å²) in [5.74, 6) is 0.0616. The third-order valence-corrected chi connectivity index (χ3v) is 3.93. The standard InChI is InChI=1S/C18H17BrO6/c1-22-15-8-12(9-16(23-2)17(15)24-3)18(21)25-10-14(20)11-4-6-13(19)7-5-11/h4-9H,10H2,1-3H3. The highest BCUT2D eigenvalue weighted by Crippen LogP contribution is 2.38. The summed E-state index contributed by atoms with van der Waals surface area (Å²) in [5, 5.41) is 0. The Bertz CT molecular complexity index is 745. The molecular formula is C18H17BrO6. The van der Waals surface area contributed by atoms with Gasteiger partial charge in [-0.1, -0.05) is 28.1 Å². The maximum absolute atomic E-state index is 12.2. The summed E-state index contributed by atoms with van der Waals surface area (Å²) in [6.07, 6.45) is 0. The molecule has 0 fully saturated rings. The first kappa shape index (κ1) is 18.8. The first-order valence-electron chi connectivity index (χ1n) is 7.26. The highest BCUT2D eigenvalue weighted by molar-refractivity contribution is 9.10. The van der Waals surface area contributed by atoms with Crippen molar-refractivity contribution in [3.63, 3.8) is 0 Å². The van der Waals surface area contributed by atoms with E-state index in [1.807, 2.05) is 0 Å². The molecule has 132 valence electrons. The number of carbonyl (C=O) groups excluding carboxylic acids is 2. The van der Waals surface area contributed by atoms with Crippen molar-refractivity contribution < 1.29 is 28.5 Å². The number of ether oxygens (including phenoxy) is 4. The first-order valence-corrected chi connectivity index (χ1v) is 8.05. The molecule has 0 bridgehead atoms. The van der Waals surface area contributed by atoms with E-state index < -0.39 is 5.97 Å². The van der Waals surface area contributed by atoms with Gasteiger partial charge in [-0.25, -0.2) is 4.79 Å². The molecular weight excluding hydrogens is 392 g/mol. The molecule has 0 heterocycles. The summed E-state index contributed by atoms with van der Waals surface area (Å²) in [5.41, 5.74) is 0.652. The van der Waals surface area contributed by atoms with Gasteiger partial charge in [0.15, 0.2) is 23.9 Å². The van der Waals surface area contributed by atoms with Gasteiger partial charge in [0.05, 0.1) is 26.9 Å². The summed E-state index contributed by atoms with van der Waals surface area (Å²) in [4.78, 5) is 24.3. The van der Waals surface area contributed by atoms with Crippen LogP contribution in [0.2, 0.25) is 0 Å². The van der Waals surface area contributed by atoms with Crippen LogP contribution in [-0.4, -0.2) is 39.7 Å². The van der Waals surface area contributed by atoms with E-state index in [9.17, 15) is 9.59 Å². The first-order chi connectivity index (χ1) is 12.0. The van der Waals surface area contributed by atoms with Crippen molar-refractivity contribution >= 4 is 27.7 Å². The molecule has 0 atom stereocenters. The van der Waals surface area contributed by atoms with Crippen LogP contribution in [-0.2, 0) is 4.74 Å². The minimum atomic E-state index is -0.662. The number of hydrogen-bond donors (Lipinski definition) is 0. The monoisotopic (exact) mass is 408 g/mol. The molecule has 0 radical (unpaired) electrons. The number of ketones is 1. The van der Waals surface area contributed by atoms with Gasteiger partial charge in [-0.3, -0.25) is 4.79 Å². The third-order valence-electron chi connectivity index (χ3n) is 3.40. The van der Waals surface area contributed by atoms with Crippen LogP contribution in [0.25, 0.3) is 0 Å². The molecule has 2 aromatic carbocycles. The molecule has 0 unspecified atom stereocenters. The van der Waals surface area contributed by atoms with Crippen LogP contribution in [0.1, 0.15) is 20.7 Å². The summed E-state index contributed by atoms with van der Waals surface area (Å²) in [6, 6.07) is 9.73. The molecule has 0 saturated heterocycles. The van der Waals surface area contributed by atoms with Gasteiger partial charge in [0.2, 0.25) is 5.75 Å². The smallest absolute Gasteiger partial charge is 0.338 e. The minimum absolute atomic E-state index is 0.193. The fraction of sp³-hybridized carbons (Fsp3) is 0.222. The lowest BCUT2D eigenvalue weighted by Gasteiger charge is -2.13. The number of methoxy groups -OCH3 is 3. The van der Waals surface area contributed by atoms with E-state index in [2.05, 4.69) is 15.9 Å². The molecule has 0 aliphatic carbocycles. The predicted octanol–water partition coefficient (Wildman–Crippen LogP) is 3.51. The molecule has 2 rings (SSSR count). The largest absolute Gasteiger partial charge is 0.493 e. The molecule has 0 saturated carbocycles. The van der Waals surface area contributed by atoms with Gasteiger partial charge in [-0.2, -0.15) is 0 Å². The number of halogens is 1. The van der Waals surface area contributed by atoms with E-state index in [4.69, 9.17) is 18.9 Å². The average Bonchev–Trinajstić information content (AvgIpc) is 2.64. The van der Waals surface area contributed by atoms with E-state index in [0.717, 1.165) is 4.47 Å². The lowest BCUT2D eigenvalue weighted by atomic mass is 10.1. The average molecular weight is 409 g/mol. The Morgan fingerprint density at radius 2 is 1.44 bits per heavy atom. The van der Waals surface area contributed by atoms with Crippen molar-refractivity contribution in [1.82, 2.24) is 0 Å². The van der Waals surface area contributed by atoms with Crippen molar-refractivity contribution in [2.75, 3.05) is 27.9 Å². The highest BCUT2D eigenvalue weighted by Gasteiger charge is 2.19. The lowest BCUT2D eigenvalue weighted by molar-refractivity contribution is 0.0474. The van der Waals surface area contributed by atoms with Gasteiger partial charge in [0, 0.05) is 10.0 Å². The highest BCUT2D eigenvalue weighted by atomic mass is 79.9. The molecule has 0 N–H and O–H groups in total. The minimum Gasteiger partial charge on any atom is -0.493 e. The van der Waals surface area contributed by atoms with E-state index in [1.165, 1.54) is 33.5 Å². The molecule has 0 spiro atoms. The Morgan fingerprint density at radius 1 is 0.880 bits per heavy atom. The topological polar surface area (TPSA) is 71.1 Å². The second-order valence-electron chi connectivity index (χ2n) is 4.92. The van der Waals surface area contributed by atoms with Gasteiger partial charge < -0.3 is 18.9 Å². The van der Waals surface area contributed by atoms with Gasteiger partial charge in [-0.05, 0) is 24.3 Å². The summed E-state index contributed by atoms with van der Waals surface area (Å²) < 4.78 is 21.5. The zero-order valence-electron chi connectivity index (χ0n) is 14.0. The number of benzene rings is 2. The Balaban J connectivity index is 2.12.